The van der Waals surface area contributed by atoms with E-state index in [1.807, 2.05) is 0 Å². The fraction of sp³-hybridized carbons (Fsp3) is 0.364. The van der Waals surface area contributed by atoms with Crippen LogP contribution in [0.2, 0.25) is 0 Å². The number of benzene rings is 1. The predicted octanol–water partition coefficient (Wildman–Crippen LogP) is 0.333. The minimum Gasteiger partial charge on any atom is -0.394 e. The molecule has 0 aliphatic carbocycles. The van der Waals surface area contributed by atoms with Crippen LogP contribution in [0.25, 0.3) is 0 Å². The molecule has 0 aliphatic heterocycles. The van der Waals surface area contributed by atoms with E-state index in [1.54, 1.807) is 0 Å². The first-order valence-electron chi connectivity index (χ1n) is 5.36. The largest absolute Gasteiger partial charge is 0.394 e. The van der Waals surface area contributed by atoms with Crippen molar-refractivity contribution >= 4 is 11.6 Å². The Morgan fingerprint density at radius 1 is 1.33 bits per heavy atom. The number of nitro groups is 1. The molecule has 0 aromatic heterocycles. The predicted molar refractivity (Wildman–Crippen MR) is 63.3 cm³/mol. The number of non-ortho nitro benzene ring substituents is 1. The van der Waals surface area contributed by atoms with E-state index in [-0.39, 0.29) is 24.8 Å². The lowest BCUT2D eigenvalue weighted by Crippen LogP contribution is -2.27. The van der Waals surface area contributed by atoms with Gasteiger partial charge in [-0.05, 0) is 12.1 Å². The standard InChI is InChI=1S/C11H14N2O5/c14-6-8-18-7-5-12-11(15)9-1-3-10(4-2-9)13(16)17/h1-4,14H,5-8H2,(H,12,15). The Hall–Kier alpha value is -1.99. The van der Waals surface area contributed by atoms with Crippen LogP contribution in [-0.4, -0.2) is 42.3 Å². The summed E-state index contributed by atoms with van der Waals surface area (Å²) in [5.41, 5.74) is 0.292. The molecular weight excluding hydrogens is 240 g/mol. The molecule has 0 unspecified atom stereocenters. The third-order valence-electron chi connectivity index (χ3n) is 2.11. The van der Waals surface area contributed by atoms with Gasteiger partial charge in [-0.3, -0.25) is 14.9 Å². The maximum Gasteiger partial charge on any atom is 0.269 e. The summed E-state index contributed by atoms with van der Waals surface area (Å²) in [5, 5.41) is 21.5. The fourth-order valence-corrected chi connectivity index (χ4v) is 1.24. The smallest absolute Gasteiger partial charge is 0.269 e. The minimum atomic E-state index is -0.523. The van der Waals surface area contributed by atoms with Gasteiger partial charge in [0.25, 0.3) is 11.6 Å². The SMILES string of the molecule is O=C(NCCOCCO)c1ccc([N+](=O)[O-])cc1. The zero-order valence-electron chi connectivity index (χ0n) is 9.67. The maximum atomic E-state index is 11.6. The van der Waals surface area contributed by atoms with E-state index in [2.05, 4.69) is 5.32 Å². The van der Waals surface area contributed by atoms with Gasteiger partial charge in [0.1, 0.15) is 0 Å². The zero-order valence-corrected chi connectivity index (χ0v) is 9.67. The molecule has 1 aromatic rings. The van der Waals surface area contributed by atoms with Gasteiger partial charge in [-0.2, -0.15) is 0 Å². The number of rotatable bonds is 7. The highest BCUT2D eigenvalue weighted by Gasteiger charge is 2.08. The molecule has 0 saturated heterocycles. The first-order valence-corrected chi connectivity index (χ1v) is 5.36. The summed E-state index contributed by atoms with van der Waals surface area (Å²) >= 11 is 0. The number of carbonyl (C=O) groups excluding carboxylic acids is 1. The van der Waals surface area contributed by atoms with Gasteiger partial charge in [0.15, 0.2) is 0 Å². The van der Waals surface area contributed by atoms with Gasteiger partial charge in [-0.1, -0.05) is 0 Å². The molecule has 0 bridgehead atoms. The summed E-state index contributed by atoms with van der Waals surface area (Å²) < 4.78 is 4.97. The number of aliphatic hydroxyl groups is 1. The molecule has 7 nitrogen and oxygen atoms in total. The van der Waals surface area contributed by atoms with E-state index in [4.69, 9.17) is 9.84 Å². The maximum absolute atomic E-state index is 11.6. The van der Waals surface area contributed by atoms with E-state index in [0.717, 1.165) is 0 Å². The van der Waals surface area contributed by atoms with Gasteiger partial charge in [-0.25, -0.2) is 0 Å². The van der Waals surface area contributed by atoms with Crippen molar-refractivity contribution in [2.75, 3.05) is 26.4 Å². The molecule has 0 aliphatic rings. The summed E-state index contributed by atoms with van der Waals surface area (Å²) in [6, 6.07) is 5.33. The minimum absolute atomic E-state index is 0.0576. The van der Waals surface area contributed by atoms with Crippen molar-refractivity contribution < 1.29 is 19.6 Å². The molecule has 1 rings (SSSR count). The molecule has 0 atom stereocenters. The normalized spacial score (nSPS) is 10.1. The summed E-state index contributed by atoms with van der Waals surface area (Å²) in [4.78, 5) is 21.5. The Labute approximate surface area is 104 Å². The van der Waals surface area contributed by atoms with E-state index in [0.29, 0.717) is 18.7 Å². The molecule has 0 heterocycles. The van der Waals surface area contributed by atoms with Gasteiger partial charge in [0.2, 0.25) is 0 Å². The Bertz CT molecular complexity index is 404. The molecule has 0 spiro atoms. The number of amides is 1. The topological polar surface area (TPSA) is 102 Å². The Kier molecular flexibility index (Phi) is 5.75. The molecule has 0 saturated carbocycles. The number of ether oxygens (including phenoxy) is 1. The van der Waals surface area contributed by atoms with Crippen molar-refractivity contribution in [2.24, 2.45) is 0 Å². The molecule has 0 fully saturated rings. The average Bonchev–Trinajstić information content (AvgIpc) is 2.38. The van der Waals surface area contributed by atoms with Gasteiger partial charge in [0.05, 0.1) is 24.7 Å². The third-order valence-corrected chi connectivity index (χ3v) is 2.11. The lowest BCUT2D eigenvalue weighted by Gasteiger charge is -2.05. The summed E-state index contributed by atoms with van der Waals surface area (Å²) in [6.07, 6.45) is 0. The van der Waals surface area contributed by atoms with Crippen LogP contribution in [0.15, 0.2) is 24.3 Å². The zero-order chi connectivity index (χ0) is 13.4. The van der Waals surface area contributed by atoms with Gasteiger partial charge in [-0.15, -0.1) is 0 Å². The van der Waals surface area contributed by atoms with Crippen LogP contribution >= 0.6 is 0 Å². The van der Waals surface area contributed by atoms with Crippen LogP contribution in [0, 0.1) is 10.1 Å². The van der Waals surface area contributed by atoms with Gasteiger partial charge >= 0.3 is 0 Å². The highest BCUT2D eigenvalue weighted by Crippen LogP contribution is 2.11. The highest BCUT2D eigenvalue weighted by atomic mass is 16.6. The third kappa shape index (κ3) is 4.48. The monoisotopic (exact) mass is 254 g/mol. The van der Waals surface area contributed by atoms with Crippen LogP contribution in [-0.2, 0) is 4.74 Å². The quantitative estimate of drug-likeness (QED) is 0.415. The number of carbonyl (C=O) groups is 1. The molecule has 2 N–H and O–H groups in total. The van der Waals surface area contributed by atoms with Crippen LogP contribution in [0.5, 0.6) is 0 Å². The molecule has 98 valence electrons. The average molecular weight is 254 g/mol. The number of nitrogens with zero attached hydrogens (tertiary/aromatic N) is 1. The Morgan fingerprint density at radius 3 is 2.56 bits per heavy atom. The second-order valence-corrected chi connectivity index (χ2v) is 3.40. The summed E-state index contributed by atoms with van der Waals surface area (Å²) in [5.74, 6) is -0.322. The lowest BCUT2D eigenvalue weighted by atomic mass is 10.2. The van der Waals surface area contributed by atoms with E-state index < -0.39 is 4.92 Å². The molecule has 7 heteroatoms. The molecule has 1 aromatic carbocycles. The first kappa shape index (κ1) is 14.1. The molecule has 1 amide bonds. The second kappa shape index (κ2) is 7.36. The summed E-state index contributed by atoms with van der Waals surface area (Å²) in [6.45, 7) is 0.790. The number of hydrogen-bond donors (Lipinski definition) is 2. The lowest BCUT2D eigenvalue weighted by molar-refractivity contribution is -0.384. The Balaban J connectivity index is 2.39. The number of hydrogen-bond acceptors (Lipinski definition) is 5. The van der Waals surface area contributed by atoms with Gasteiger partial charge < -0.3 is 15.2 Å². The van der Waals surface area contributed by atoms with Crippen molar-refractivity contribution in [3.05, 3.63) is 39.9 Å². The highest BCUT2D eigenvalue weighted by molar-refractivity contribution is 5.94. The van der Waals surface area contributed by atoms with E-state index in [9.17, 15) is 14.9 Å². The number of nitro benzene ring substituents is 1. The van der Waals surface area contributed by atoms with Crippen LogP contribution in [0.4, 0.5) is 5.69 Å². The molecule has 0 radical (unpaired) electrons. The summed E-state index contributed by atoms with van der Waals surface area (Å²) in [7, 11) is 0. The number of nitrogens with one attached hydrogen (secondary N) is 1. The second-order valence-electron chi connectivity index (χ2n) is 3.40. The van der Waals surface area contributed by atoms with Crippen molar-refractivity contribution in [3.63, 3.8) is 0 Å². The first-order chi connectivity index (χ1) is 8.65. The van der Waals surface area contributed by atoms with Crippen LogP contribution in [0.1, 0.15) is 10.4 Å². The Morgan fingerprint density at radius 2 is 2.00 bits per heavy atom. The van der Waals surface area contributed by atoms with E-state index >= 15 is 0 Å². The van der Waals surface area contributed by atoms with E-state index in [1.165, 1.54) is 24.3 Å². The van der Waals surface area contributed by atoms with Crippen molar-refractivity contribution in [3.8, 4) is 0 Å². The fourth-order valence-electron chi connectivity index (χ4n) is 1.24. The molecule has 18 heavy (non-hydrogen) atoms. The molecular formula is C11H14N2O5. The van der Waals surface area contributed by atoms with Crippen LogP contribution < -0.4 is 5.32 Å². The number of aliphatic hydroxyl groups excluding tert-OH is 1. The van der Waals surface area contributed by atoms with Gasteiger partial charge in [0, 0.05) is 24.2 Å². The van der Waals surface area contributed by atoms with Crippen molar-refractivity contribution in [2.45, 2.75) is 0 Å². The van der Waals surface area contributed by atoms with Crippen LogP contribution in [0.3, 0.4) is 0 Å². The van der Waals surface area contributed by atoms with Crippen molar-refractivity contribution in [1.29, 1.82) is 0 Å². The van der Waals surface area contributed by atoms with Crippen molar-refractivity contribution in [1.82, 2.24) is 5.32 Å².